The molecule has 2 aliphatic rings. The van der Waals surface area contributed by atoms with Crippen LogP contribution in [0, 0.1) is 12.8 Å². The molecule has 1 aromatic heterocycles. The fourth-order valence-electron chi connectivity index (χ4n) is 5.18. The predicted molar refractivity (Wildman–Crippen MR) is 141 cm³/mol. The van der Waals surface area contributed by atoms with E-state index < -0.39 is 0 Å². The summed E-state index contributed by atoms with van der Waals surface area (Å²) in [6.07, 6.45) is 5.12. The van der Waals surface area contributed by atoms with Crippen molar-refractivity contribution in [3.05, 3.63) is 93.9 Å². The lowest BCUT2D eigenvalue weighted by atomic mass is 9.97. The van der Waals surface area contributed by atoms with Crippen molar-refractivity contribution in [3.8, 4) is 16.9 Å². The molecule has 0 saturated heterocycles. The van der Waals surface area contributed by atoms with Crippen LogP contribution in [0.2, 0.25) is 5.02 Å². The molecule has 6 heteroatoms. The molecule has 5 nitrogen and oxygen atoms in total. The topological polar surface area (TPSA) is 53.5 Å². The van der Waals surface area contributed by atoms with Crippen LogP contribution in [0.3, 0.4) is 0 Å². The lowest BCUT2D eigenvalue weighted by molar-refractivity contribution is 0.275. The molecule has 35 heavy (non-hydrogen) atoms. The number of halogens is 1. The van der Waals surface area contributed by atoms with Crippen molar-refractivity contribution in [2.45, 2.75) is 26.8 Å². The molecule has 3 heterocycles. The second kappa shape index (κ2) is 8.90. The van der Waals surface area contributed by atoms with Crippen LogP contribution in [0.25, 0.3) is 27.9 Å². The summed E-state index contributed by atoms with van der Waals surface area (Å²) in [4.78, 5) is 15.0. The Bertz CT molecular complexity index is 1590. The van der Waals surface area contributed by atoms with E-state index in [9.17, 15) is 0 Å². The van der Waals surface area contributed by atoms with Gasteiger partial charge in [-0.05, 0) is 66.9 Å². The minimum Gasteiger partial charge on any atom is -0.491 e. The van der Waals surface area contributed by atoms with Gasteiger partial charge in [-0.3, -0.25) is 4.99 Å². The van der Waals surface area contributed by atoms with Crippen LogP contribution in [-0.2, 0) is 6.54 Å². The summed E-state index contributed by atoms with van der Waals surface area (Å²) >= 11 is 6.31. The molecule has 0 aliphatic carbocycles. The summed E-state index contributed by atoms with van der Waals surface area (Å²) in [6, 6.07) is 18.9. The minimum atomic E-state index is 0.275. The first-order valence-electron chi connectivity index (χ1n) is 12.1. The van der Waals surface area contributed by atoms with Gasteiger partial charge in [0.1, 0.15) is 18.2 Å². The maximum Gasteiger partial charge on any atom is 0.124 e. The van der Waals surface area contributed by atoms with E-state index in [1.807, 2.05) is 25.3 Å². The van der Waals surface area contributed by atoms with Crippen LogP contribution in [0.1, 0.15) is 24.7 Å². The molecule has 4 aromatic rings. The SMILES string of the molecule is CCC1C=CN=c2cc(Cl)ccc2=C1N1CCOc2ccc(-c3ccc4nc(C)[nH]c4c3)cc2C1. The molecule has 6 rings (SSSR count). The van der Waals surface area contributed by atoms with Gasteiger partial charge in [-0.1, -0.05) is 36.7 Å². The molecular formula is C29H27ClN4O. The van der Waals surface area contributed by atoms with Gasteiger partial charge in [-0.15, -0.1) is 0 Å². The van der Waals surface area contributed by atoms with E-state index >= 15 is 0 Å². The molecule has 3 aromatic carbocycles. The number of rotatable bonds is 3. The van der Waals surface area contributed by atoms with Gasteiger partial charge in [0.05, 0.1) is 22.9 Å². The van der Waals surface area contributed by atoms with Crippen LogP contribution >= 0.6 is 11.6 Å². The predicted octanol–water partition coefficient (Wildman–Crippen LogP) is 5.37. The van der Waals surface area contributed by atoms with Gasteiger partial charge in [0.2, 0.25) is 0 Å². The first kappa shape index (κ1) is 21.9. The minimum absolute atomic E-state index is 0.275. The number of aromatic nitrogens is 2. The number of hydrogen-bond donors (Lipinski definition) is 1. The number of nitrogens with one attached hydrogen (secondary N) is 1. The quantitative estimate of drug-likeness (QED) is 0.427. The van der Waals surface area contributed by atoms with Crippen LogP contribution in [-0.4, -0.2) is 28.0 Å². The standard InChI is InChI=1S/C29H27ClN4O/c1-3-19-10-11-31-26-16-23(30)6-7-24(26)29(19)34-12-13-35-28-9-5-20(14-22(28)17-34)21-4-8-25-27(15-21)33-18(2)32-25/h4-11,14-16,19H,3,12-13,17H2,1-2H3,(H,32,33). The summed E-state index contributed by atoms with van der Waals surface area (Å²) in [6.45, 7) is 6.43. The zero-order chi connectivity index (χ0) is 23.9. The molecule has 0 saturated carbocycles. The van der Waals surface area contributed by atoms with Gasteiger partial charge in [0, 0.05) is 40.2 Å². The number of benzene rings is 3. The Morgan fingerprint density at radius 3 is 2.83 bits per heavy atom. The van der Waals surface area contributed by atoms with Crippen molar-refractivity contribution in [2.24, 2.45) is 10.9 Å². The van der Waals surface area contributed by atoms with E-state index in [1.54, 1.807) is 0 Å². The Hall–Kier alpha value is -3.57. The zero-order valence-corrected chi connectivity index (χ0v) is 20.6. The Labute approximate surface area is 209 Å². The van der Waals surface area contributed by atoms with Gasteiger partial charge < -0.3 is 14.6 Å². The molecule has 1 N–H and O–H groups in total. The monoisotopic (exact) mass is 482 g/mol. The van der Waals surface area contributed by atoms with E-state index in [2.05, 4.69) is 75.3 Å². The van der Waals surface area contributed by atoms with Crippen LogP contribution in [0.5, 0.6) is 5.75 Å². The first-order valence-corrected chi connectivity index (χ1v) is 12.5. The van der Waals surface area contributed by atoms with E-state index in [4.69, 9.17) is 16.3 Å². The maximum absolute atomic E-state index is 6.31. The second-order valence-corrected chi connectivity index (χ2v) is 9.62. The molecule has 0 amide bonds. The van der Waals surface area contributed by atoms with Gasteiger partial charge in [-0.2, -0.15) is 0 Å². The zero-order valence-electron chi connectivity index (χ0n) is 19.9. The summed E-state index contributed by atoms with van der Waals surface area (Å²) in [7, 11) is 0. The van der Waals surface area contributed by atoms with Crippen molar-refractivity contribution in [2.75, 3.05) is 13.2 Å². The molecular weight excluding hydrogens is 456 g/mol. The van der Waals surface area contributed by atoms with E-state index in [-0.39, 0.29) is 5.92 Å². The first-order chi connectivity index (χ1) is 17.1. The molecule has 176 valence electrons. The lowest BCUT2D eigenvalue weighted by Gasteiger charge is -2.29. The van der Waals surface area contributed by atoms with Crippen LogP contribution < -0.4 is 15.3 Å². The normalized spacial score (nSPS) is 17.3. The molecule has 0 bridgehead atoms. The summed E-state index contributed by atoms with van der Waals surface area (Å²) in [5, 5.41) is 2.77. The van der Waals surface area contributed by atoms with E-state index in [0.717, 1.165) is 58.3 Å². The number of hydrogen-bond acceptors (Lipinski definition) is 4. The van der Waals surface area contributed by atoms with E-state index in [0.29, 0.717) is 11.6 Å². The fourth-order valence-corrected chi connectivity index (χ4v) is 5.34. The van der Waals surface area contributed by atoms with Gasteiger partial charge >= 0.3 is 0 Å². The highest BCUT2D eigenvalue weighted by Crippen LogP contribution is 2.33. The van der Waals surface area contributed by atoms with Gasteiger partial charge in [-0.25, -0.2) is 4.98 Å². The van der Waals surface area contributed by atoms with Crippen molar-refractivity contribution in [3.63, 3.8) is 0 Å². The van der Waals surface area contributed by atoms with Crippen molar-refractivity contribution < 1.29 is 4.74 Å². The third-order valence-corrected chi connectivity index (χ3v) is 7.11. The van der Waals surface area contributed by atoms with Crippen molar-refractivity contribution >= 4 is 28.3 Å². The Balaban J connectivity index is 1.43. The molecule has 0 radical (unpaired) electrons. The highest BCUT2D eigenvalue weighted by atomic mass is 35.5. The van der Waals surface area contributed by atoms with Gasteiger partial charge in [0.25, 0.3) is 0 Å². The highest BCUT2D eigenvalue weighted by Gasteiger charge is 2.24. The van der Waals surface area contributed by atoms with Crippen LogP contribution in [0.15, 0.2) is 71.9 Å². The summed E-state index contributed by atoms with van der Waals surface area (Å²) in [5.74, 6) is 2.15. The number of nitrogens with zero attached hydrogens (tertiary/aromatic N) is 3. The molecule has 2 aliphatic heterocycles. The Morgan fingerprint density at radius 2 is 1.94 bits per heavy atom. The van der Waals surface area contributed by atoms with Crippen molar-refractivity contribution in [1.82, 2.24) is 14.9 Å². The smallest absolute Gasteiger partial charge is 0.124 e. The van der Waals surface area contributed by atoms with Crippen molar-refractivity contribution in [1.29, 1.82) is 0 Å². The Morgan fingerprint density at radius 1 is 1.09 bits per heavy atom. The largest absolute Gasteiger partial charge is 0.491 e. The number of aromatic amines is 1. The highest BCUT2D eigenvalue weighted by molar-refractivity contribution is 6.30. The number of H-pyrrole nitrogens is 1. The van der Waals surface area contributed by atoms with E-state index in [1.165, 1.54) is 16.8 Å². The number of fused-ring (bicyclic) bond motifs is 3. The maximum atomic E-state index is 6.31. The third-order valence-electron chi connectivity index (χ3n) is 6.87. The van der Waals surface area contributed by atoms with Crippen LogP contribution in [0.4, 0.5) is 0 Å². The fraction of sp³-hybridized carbons (Fsp3) is 0.241. The molecule has 1 atom stereocenters. The number of imidazole rings is 1. The number of ether oxygens (including phenoxy) is 1. The second-order valence-electron chi connectivity index (χ2n) is 9.18. The third kappa shape index (κ3) is 4.10. The summed E-state index contributed by atoms with van der Waals surface area (Å²) in [5.41, 5.74) is 6.84. The number of aryl methyl sites for hydroxylation is 1. The summed E-state index contributed by atoms with van der Waals surface area (Å²) < 4.78 is 6.21. The average Bonchev–Trinajstić information content (AvgIpc) is 3.00. The lowest BCUT2D eigenvalue weighted by Crippen LogP contribution is -2.37. The average molecular weight is 483 g/mol. The van der Waals surface area contributed by atoms with Gasteiger partial charge in [0.15, 0.2) is 0 Å². The molecule has 0 fully saturated rings. The Kier molecular flexibility index (Phi) is 5.57. The molecule has 1 unspecified atom stereocenters. The molecule has 0 spiro atoms.